The van der Waals surface area contributed by atoms with Crippen molar-refractivity contribution in [3.05, 3.63) is 35.9 Å². The van der Waals surface area contributed by atoms with Crippen molar-refractivity contribution >= 4 is 6.09 Å². The molecule has 1 aromatic rings. The lowest BCUT2D eigenvalue weighted by molar-refractivity contribution is 0.102. The van der Waals surface area contributed by atoms with Crippen LogP contribution in [-0.2, 0) is 4.74 Å². The summed E-state index contributed by atoms with van der Waals surface area (Å²) in [5.41, 5.74) is 7.06. The topological polar surface area (TPSA) is 55.6 Å². The Kier molecular flexibility index (Phi) is 3.64. The number of hydrogen-bond acceptors (Lipinski definition) is 3. The van der Waals surface area contributed by atoms with Crippen LogP contribution in [0.3, 0.4) is 0 Å². The second-order valence-corrected chi connectivity index (χ2v) is 4.27. The number of nitrogens with zero attached hydrogens (tertiary/aromatic N) is 1. The Bertz CT molecular complexity index is 380. The van der Waals surface area contributed by atoms with Gasteiger partial charge in [0.1, 0.15) is 0 Å². The van der Waals surface area contributed by atoms with Crippen LogP contribution in [-0.4, -0.2) is 30.2 Å². The fourth-order valence-electron chi connectivity index (χ4n) is 2.27. The second-order valence-electron chi connectivity index (χ2n) is 4.27. The molecular weight excluding hydrogens is 216 g/mol. The normalized spacial score (nSPS) is 23.8. The van der Waals surface area contributed by atoms with E-state index in [1.54, 1.807) is 4.90 Å². The van der Waals surface area contributed by atoms with Gasteiger partial charge in [-0.3, -0.25) is 4.90 Å². The highest BCUT2D eigenvalue weighted by Crippen LogP contribution is 2.31. The maximum atomic E-state index is 11.8. The average Bonchev–Trinajstić information content (AvgIpc) is 2.73. The molecule has 1 saturated heterocycles. The minimum absolute atomic E-state index is 0.0320. The smallest absolute Gasteiger partial charge is 0.410 e. The molecule has 0 spiro atoms. The molecule has 1 aliphatic heterocycles. The maximum Gasteiger partial charge on any atom is 0.410 e. The first-order chi connectivity index (χ1) is 8.22. The van der Waals surface area contributed by atoms with Gasteiger partial charge in [0.15, 0.2) is 0 Å². The zero-order chi connectivity index (χ0) is 12.3. The minimum Gasteiger partial charge on any atom is -0.450 e. The molecule has 1 heterocycles. The third kappa shape index (κ3) is 2.58. The highest BCUT2D eigenvalue weighted by Gasteiger charge is 2.35. The summed E-state index contributed by atoms with van der Waals surface area (Å²) < 4.78 is 5.06. The van der Waals surface area contributed by atoms with E-state index >= 15 is 0 Å². The van der Waals surface area contributed by atoms with Gasteiger partial charge in [-0.05, 0) is 18.9 Å². The zero-order valence-corrected chi connectivity index (χ0v) is 10.0. The SMILES string of the molecule is CCOC(=O)N1CC(N)CC1c1ccccc1. The molecule has 17 heavy (non-hydrogen) atoms. The summed E-state index contributed by atoms with van der Waals surface area (Å²) >= 11 is 0. The molecule has 1 amide bonds. The summed E-state index contributed by atoms with van der Waals surface area (Å²) in [6, 6.07) is 10.0. The van der Waals surface area contributed by atoms with E-state index in [1.807, 2.05) is 37.3 Å². The van der Waals surface area contributed by atoms with Crippen LogP contribution in [0.4, 0.5) is 4.79 Å². The summed E-state index contributed by atoms with van der Waals surface area (Å²) in [6.45, 7) is 2.77. The Morgan fingerprint density at radius 1 is 1.47 bits per heavy atom. The predicted octanol–water partition coefficient (Wildman–Crippen LogP) is 1.92. The summed E-state index contributed by atoms with van der Waals surface area (Å²) in [4.78, 5) is 13.5. The van der Waals surface area contributed by atoms with Gasteiger partial charge in [-0.15, -0.1) is 0 Å². The second kappa shape index (κ2) is 5.19. The number of likely N-dealkylation sites (tertiary alicyclic amines) is 1. The first kappa shape index (κ1) is 11.9. The molecule has 4 nitrogen and oxygen atoms in total. The van der Waals surface area contributed by atoms with Crippen molar-refractivity contribution < 1.29 is 9.53 Å². The molecule has 1 aromatic carbocycles. The molecule has 0 aromatic heterocycles. The highest BCUT2D eigenvalue weighted by molar-refractivity contribution is 5.69. The molecule has 2 N–H and O–H groups in total. The lowest BCUT2D eigenvalue weighted by Gasteiger charge is -2.23. The third-order valence-corrected chi connectivity index (χ3v) is 3.02. The van der Waals surface area contributed by atoms with Crippen molar-refractivity contribution in [1.82, 2.24) is 4.90 Å². The van der Waals surface area contributed by atoms with Crippen molar-refractivity contribution in [1.29, 1.82) is 0 Å². The quantitative estimate of drug-likeness (QED) is 0.850. The van der Waals surface area contributed by atoms with Gasteiger partial charge < -0.3 is 10.5 Å². The van der Waals surface area contributed by atoms with Gasteiger partial charge >= 0.3 is 6.09 Å². The van der Waals surface area contributed by atoms with E-state index in [4.69, 9.17) is 10.5 Å². The molecule has 2 atom stereocenters. The van der Waals surface area contributed by atoms with Crippen LogP contribution in [0.2, 0.25) is 0 Å². The van der Waals surface area contributed by atoms with Crippen LogP contribution in [0, 0.1) is 0 Å². The first-order valence-electron chi connectivity index (χ1n) is 5.96. The van der Waals surface area contributed by atoms with Crippen LogP contribution in [0.25, 0.3) is 0 Å². The van der Waals surface area contributed by atoms with Gasteiger partial charge in [0, 0.05) is 12.6 Å². The van der Waals surface area contributed by atoms with Crippen LogP contribution in [0.15, 0.2) is 30.3 Å². The molecule has 1 fully saturated rings. The number of hydrogen-bond donors (Lipinski definition) is 1. The molecule has 0 saturated carbocycles. The Balaban J connectivity index is 2.17. The average molecular weight is 234 g/mol. The van der Waals surface area contributed by atoms with E-state index in [9.17, 15) is 4.79 Å². The molecule has 0 bridgehead atoms. The molecule has 0 aliphatic carbocycles. The molecule has 2 rings (SSSR count). The number of nitrogens with two attached hydrogens (primary N) is 1. The van der Waals surface area contributed by atoms with E-state index in [2.05, 4.69) is 0 Å². The number of amides is 1. The Morgan fingerprint density at radius 3 is 2.82 bits per heavy atom. The van der Waals surface area contributed by atoms with Gasteiger partial charge in [0.25, 0.3) is 0 Å². The van der Waals surface area contributed by atoms with E-state index in [0.29, 0.717) is 13.2 Å². The molecule has 1 aliphatic rings. The van der Waals surface area contributed by atoms with Crippen molar-refractivity contribution in [2.75, 3.05) is 13.2 Å². The summed E-state index contributed by atoms with van der Waals surface area (Å²) in [5.74, 6) is 0. The van der Waals surface area contributed by atoms with Gasteiger partial charge in [0.2, 0.25) is 0 Å². The fourth-order valence-corrected chi connectivity index (χ4v) is 2.27. The predicted molar refractivity (Wildman–Crippen MR) is 65.5 cm³/mol. The van der Waals surface area contributed by atoms with Crippen LogP contribution in [0.5, 0.6) is 0 Å². The Labute approximate surface area is 101 Å². The number of carbonyl (C=O) groups is 1. The van der Waals surface area contributed by atoms with Gasteiger partial charge in [-0.25, -0.2) is 4.79 Å². The summed E-state index contributed by atoms with van der Waals surface area (Å²) in [6.07, 6.45) is 0.525. The van der Waals surface area contributed by atoms with Crippen molar-refractivity contribution in [3.8, 4) is 0 Å². The van der Waals surface area contributed by atoms with E-state index in [0.717, 1.165) is 12.0 Å². The summed E-state index contributed by atoms with van der Waals surface area (Å²) in [5, 5.41) is 0. The van der Waals surface area contributed by atoms with Gasteiger partial charge in [-0.2, -0.15) is 0 Å². The van der Waals surface area contributed by atoms with Crippen molar-refractivity contribution in [2.24, 2.45) is 5.73 Å². The standard InChI is InChI=1S/C13H18N2O2/c1-2-17-13(16)15-9-11(14)8-12(15)10-6-4-3-5-7-10/h3-7,11-12H,2,8-9,14H2,1H3. The zero-order valence-electron chi connectivity index (χ0n) is 10.0. The molecule has 2 unspecified atom stereocenters. The van der Waals surface area contributed by atoms with E-state index in [1.165, 1.54) is 0 Å². The van der Waals surface area contributed by atoms with Crippen LogP contribution < -0.4 is 5.73 Å². The monoisotopic (exact) mass is 234 g/mol. The van der Waals surface area contributed by atoms with E-state index < -0.39 is 0 Å². The molecule has 0 radical (unpaired) electrons. The lowest BCUT2D eigenvalue weighted by atomic mass is 10.0. The number of benzene rings is 1. The Hall–Kier alpha value is -1.55. The van der Waals surface area contributed by atoms with Crippen molar-refractivity contribution in [2.45, 2.75) is 25.4 Å². The first-order valence-corrected chi connectivity index (χ1v) is 5.96. The molecule has 4 heteroatoms. The van der Waals surface area contributed by atoms with Gasteiger partial charge in [-0.1, -0.05) is 30.3 Å². The maximum absolute atomic E-state index is 11.8. The Morgan fingerprint density at radius 2 is 2.18 bits per heavy atom. The fraction of sp³-hybridized carbons (Fsp3) is 0.462. The largest absolute Gasteiger partial charge is 0.450 e. The lowest BCUT2D eigenvalue weighted by Crippen LogP contribution is -2.33. The van der Waals surface area contributed by atoms with E-state index in [-0.39, 0.29) is 18.2 Å². The minimum atomic E-state index is -0.269. The molecular formula is C13H18N2O2. The highest BCUT2D eigenvalue weighted by atomic mass is 16.6. The van der Waals surface area contributed by atoms with Gasteiger partial charge in [0.05, 0.1) is 12.6 Å². The van der Waals surface area contributed by atoms with Crippen molar-refractivity contribution in [3.63, 3.8) is 0 Å². The number of rotatable bonds is 2. The molecule has 92 valence electrons. The van der Waals surface area contributed by atoms with Crippen LogP contribution >= 0.6 is 0 Å². The summed E-state index contributed by atoms with van der Waals surface area (Å²) in [7, 11) is 0. The number of ether oxygens (including phenoxy) is 1. The third-order valence-electron chi connectivity index (χ3n) is 3.02. The van der Waals surface area contributed by atoms with Crippen LogP contribution in [0.1, 0.15) is 24.9 Å². The number of carbonyl (C=O) groups excluding carboxylic acids is 1.